The Bertz CT molecular complexity index is 243. The van der Waals surface area contributed by atoms with Crippen LogP contribution in [0.5, 0.6) is 0 Å². The molecule has 0 unspecified atom stereocenters. The van der Waals surface area contributed by atoms with Crippen LogP contribution in [0, 0.1) is 0 Å². The second kappa shape index (κ2) is 3.08. The third-order valence-electron chi connectivity index (χ3n) is 2.17. The first kappa shape index (κ1) is 8.10. The van der Waals surface area contributed by atoms with E-state index in [9.17, 15) is 0 Å². The van der Waals surface area contributed by atoms with Gasteiger partial charge in [-0.05, 0) is 12.8 Å². The monoisotopic (exact) mass is 185 g/mol. The summed E-state index contributed by atoms with van der Waals surface area (Å²) in [5.74, 6) is 0. The van der Waals surface area contributed by atoms with E-state index < -0.39 is 0 Å². The van der Waals surface area contributed by atoms with E-state index in [2.05, 4.69) is 10.2 Å². The fraction of sp³-hybridized carbons (Fsp3) is 0.714. The Kier molecular flexibility index (Phi) is 2.08. The van der Waals surface area contributed by atoms with Crippen molar-refractivity contribution < 1.29 is 4.74 Å². The van der Waals surface area contributed by atoms with Crippen LogP contribution in [0.4, 0.5) is 0 Å². The highest BCUT2D eigenvalue weighted by Crippen LogP contribution is 2.29. The summed E-state index contributed by atoms with van der Waals surface area (Å²) >= 11 is 1.53. The molecule has 2 rings (SSSR count). The normalized spacial score (nSPS) is 22.4. The van der Waals surface area contributed by atoms with Crippen molar-refractivity contribution in [1.29, 1.82) is 0 Å². The summed E-state index contributed by atoms with van der Waals surface area (Å²) in [6.07, 6.45) is 1.70. The zero-order valence-corrected chi connectivity index (χ0v) is 7.51. The minimum absolute atomic E-state index is 0.278. The van der Waals surface area contributed by atoms with E-state index in [4.69, 9.17) is 10.5 Å². The Labute approximate surface area is 74.8 Å². The molecule has 66 valence electrons. The molecule has 1 aromatic rings. The molecule has 0 aromatic carbocycles. The van der Waals surface area contributed by atoms with E-state index >= 15 is 0 Å². The van der Waals surface area contributed by atoms with Crippen LogP contribution in [0.25, 0.3) is 0 Å². The standard InChI is InChI=1S/C7H11N3OS/c8-7(1-3-11-4-2-7)6-10-9-5-12-6/h5H,1-4,8H2. The number of hydrogen-bond acceptors (Lipinski definition) is 5. The third-order valence-corrected chi connectivity index (χ3v) is 3.08. The number of nitrogens with two attached hydrogens (primary N) is 1. The van der Waals surface area contributed by atoms with E-state index in [-0.39, 0.29) is 5.54 Å². The van der Waals surface area contributed by atoms with Gasteiger partial charge in [0.15, 0.2) is 0 Å². The molecule has 0 spiro atoms. The van der Waals surface area contributed by atoms with Crippen LogP contribution in [0.2, 0.25) is 0 Å². The average molecular weight is 185 g/mol. The maximum absolute atomic E-state index is 6.15. The fourth-order valence-corrected chi connectivity index (χ4v) is 2.07. The summed E-state index contributed by atoms with van der Waals surface area (Å²) in [5, 5.41) is 8.73. The molecule has 1 aromatic heterocycles. The summed E-state index contributed by atoms with van der Waals surface area (Å²) in [6, 6.07) is 0. The van der Waals surface area contributed by atoms with Crippen LogP contribution in [-0.2, 0) is 10.3 Å². The molecular weight excluding hydrogens is 174 g/mol. The third kappa shape index (κ3) is 1.35. The van der Waals surface area contributed by atoms with Crippen molar-refractivity contribution in [3.05, 3.63) is 10.5 Å². The molecule has 4 nitrogen and oxygen atoms in total. The Hall–Kier alpha value is -0.520. The van der Waals surface area contributed by atoms with Gasteiger partial charge in [0.2, 0.25) is 0 Å². The van der Waals surface area contributed by atoms with Crippen LogP contribution >= 0.6 is 11.3 Å². The first-order chi connectivity index (χ1) is 5.81. The van der Waals surface area contributed by atoms with Crippen LogP contribution in [-0.4, -0.2) is 23.4 Å². The van der Waals surface area contributed by atoms with Crippen LogP contribution in [0.3, 0.4) is 0 Å². The molecule has 1 aliphatic heterocycles. The molecule has 0 saturated carbocycles. The molecule has 0 atom stereocenters. The van der Waals surface area contributed by atoms with Crippen LogP contribution < -0.4 is 5.73 Å². The van der Waals surface area contributed by atoms with Gasteiger partial charge in [0.05, 0.1) is 5.54 Å². The largest absolute Gasteiger partial charge is 0.381 e. The van der Waals surface area contributed by atoms with Crippen molar-refractivity contribution >= 4 is 11.3 Å². The molecular formula is C7H11N3OS. The summed E-state index contributed by atoms with van der Waals surface area (Å²) in [4.78, 5) is 0. The van der Waals surface area contributed by atoms with E-state index in [1.165, 1.54) is 11.3 Å². The first-order valence-corrected chi connectivity index (χ1v) is 4.82. The zero-order valence-electron chi connectivity index (χ0n) is 6.69. The number of ether oxygens (including phenoxy) is 1. The SMILES string of the molecule is NC1(c2nncs2)CCOCC1. The number of nitrogens with zero attached hydrogens (tertiary/aromatic N) is 2. The van der Waals surface area contributed by atoms with Gasteiger partial charge in [-0.2, -0.15) is 0 Å². The molecule has 5 heteroatoms. The van der Waals surface area contributed by atoms with E-state index in [0.717, 1.165) is 31.1 Å². The second-order valence-corrected chi connectivity index (χ2v) is 3.85. The van der Waals surface area contributed by atoms with Gasteiger partial charge in [-0.1, -0.05) is 0 Å². The molecule has 0 amide bonds. The second-order valence-electron chi connectivity index (χ2n) is 3.01. The zero-order chi connectivity index (χ0) is 8.44. The maximum atomic E-state index is 6.15. The summed E-state index contributed by atoms with van der Waals surface area (Å²) in [6.45, 7) is 1.46. The van der Waals surface area contributed by atoms with Gasteiger partial charge < -0.3 is 10.5 Å². The lowest BCUT2D eigenvalue weighted by molar-refractivity contribution is 0.0519. The molecule has 2 heterocycles. The minimum atomic E-state index is -0.278. The summed E-state index contributed by atoms with van der Waals surface area (Å²) < 4.78 is 5.24. The van der Waals surface area contributed by atoms with Gasteiger partial charge in [0.1, 0.15) is 10.5 Å². The molecule has 2 N–H and O–H groups in total. The lowest BCUT2D eigenvalue weighted by Crippen LogP contribution is -2.42. The van der Waals surface area contributed by atoms with Gasteiger partial charge in [0.25, 0.3) is 0 Å². The van der Waals surface area contributed by atoms with Crippen molar-refractivity contribution in [2.24, 2.45) is 5.73 Å². The van der Waals surface area contributed by atoms with Gasteiger partial charge in [-0.25, -0.2) is 0 Å². The Morgan fingerprint density at radius 2 is 2.25 bits per heavy atom. The average Bonchev–Trinajstić information content (AvgIpc) is 2.58. The molecule has 12 heavy (non-hydrogen) atoms. The fourth-order valence-electron chi connectivity index (χ4n) is 1.34. The molecule has 0 aliphatic carbocycles. The Morgan fingerprint density at radius 1 is 1.50 bits per heavy atom. The van der Waals surface area contributed by atoms with E-state index in [1.807, 2.05) is 0 Å². The van der Waals surface area contributed by atoms with Crippen molar-refractivity contribution in [1.82, 2.24) is 10.2 Å². The lowest BCUT2D eigenvalue weighted by atomic mass is 9.92. The molecule has 1 fully saturated rings. The maximum Gasteiger partial charge on any atom is 0.137 e. The van der Waals surface area contributed by atoms with Gasteiger partial charge in [-0.3, -0.25) is 0 Å². The molecule has 0 bridgehead atoms. The molecule has 1 aliphatic rings. The molecule has 1 saturated heterocycles. The van der Waals surface area contributed by atoms with Crippen molar-refractivity contribution in [3.8, 4) is 0 Å². The Morgan fingerprint density at radius 3 is 2.83 bits per heavy atom. The van der Waals surface area contributed by atoms with E-state index in [1.54, 1.807) is 5.51 Å². The highest BCUT2D eigenvalue weighted by molar-refractivity contribution is 7.09. The highest BCUT2D eigenvalue weighted by atomic mass is 32.1. The minimum Gasteiger partial charge on any atom is -0.381 e. The van der Waals surface area contributed by atoms with Crippen LogP contribution in [0.1, 0.15) is 17.8 Å². The van der Waals surface area contributed by atoms with Gasteiger partial charge >= 0.3 is 0 Å². The quantitative estimate of drug-likeness (QED) is 0.692. The topological polar surface area (TPSA) is 61.0 Å². The van der Waals surface area contributed by atoms with Crippen LogP contribution in [0.15, 0.2) is 5.51 Å². The van der Waals surface area contributed by atoms with Crippen molar-refractivity contribution in [3.63, 3.8) is 0 Å². The highest BCUT2D eigenvalue weighted by Gasteiger charge is 2.32. The summed E-state index contributed by atoms with van der Waals surface area (Å²) in [5.41, 5.74) is 7.60. The summed E-state index contributed by atoms with van der Waals surface area (Å²) in [7, 11) is 0. The van der Waals surface area contributed by atoms with Crippen molar-refractivity contribution in [2.75, 3.05) is 13.2 Å². The van der Waals surface area contributed by atoms with Gasteiger partial charge in [0, 0.05) is 13.2 Å². The van der Waals surface area contributed by atoms with E-state index in [0.29, 0.717) is 0 Å². The predicted molar refractivity (Wildman–Crippen MR) is 45.8 cm³/mol. The molecule has 0 radical (unpaired) electrons. The number of aromatic nitrogens is 2. The number of rotatable bonds is 1. The Balaban J connectivity index is 2.19. The smallest absolute Gasteiger partial charge is 0.137 e. The van der Waals surface area contributed by atoms with Crippen molar-refractivity contribution in [2.45, 2.75) is 18.4 Å². The number of hydrogen-bond donors (Lipinski definition) is 1. The predicted octanol–water partition coefficient (Wildman–Crippen LogP) is 0.502. The van der Waals surface area contributed by atoms with Gasteiger partial charge in [-0.15, -0.1) is 21.5 Å². The first-order valence-electron chi connectivity index (χ1n) is 3.94. The lowest BCUT2D eigenvalue weighted by Gasteiger charge is -2.30.